The van der Waals surface area contributed by atoms with Gasteiger partial charge < -0.3 is 10.1 Å². The van der Waals surface area contributed by atoms with Crippen molar-refractivity contribution >= 4 is 37.5 Å². The van der Waals surface area contributed by atoms with Gasteiger partial charge in [0.2, 0.25) is 0 Å². The van der Waals surface area contributed by atoms with E-state index in [1.807, 2.05) is 25.1 Å². The summed E-state index contributed by atoms with van der Waals surface area (Å²) in [6.07, 6.45) is 0. The second-order valence-corrected chi connectivity index (χ2v) is 6.21. The van der Waals surface area contributed by atoms with Crippen molar-refractivity contribution in [3.8, 4) is 5.75 Å². The fraction of sp³-hybridized carbons (Fsp3) is 0.200. The molecule has 0 saturated heterocycles. The lowest BCUT2D eigenvalue weighted by atomic mass is 10.1. The van der Waals surface area contributed by atoms with E-state index in [0.717, 1.165) is 21.9 Å². The second-order valence-electron chi connectivity index (χ2n) is 4.51. The number of rotatable bonds is 4. The molecule has 0 fully saturated rings. The monoisotopic (exact) mass is 419 g/mol. The van der Waals surface area contributed by atoms with Crippen LogP contribution in [0.1, 0.15) is 18.5 Å². The Morgan fingerprint density at radius 1 is 1.05 bits per heavy atom. The molecule has 2 aromatic rings. The molecule has 0 aliphatic rings. The number of halogens is 4. The molecule has 1 N–H and O–H groups in total. The molecule has 112 valence electrons. The van der Waals surface area contributed by atoms with E-state index >= 15 is 0 Å². The lowest BCUT2D eigenvalue weighted by Crippen LogP contribution is -2.08. The van der Waals surface area contributed by atoms with Crippen molar-refractivity contribution in [3.05, 3.63) is 56.5 Å². The third-order valence-electron chi connectivity index (χ3n) is 3.06. The third-order valence-corrected chi connectivity index (χ3v) is 4.29. The largest absolute Gasteiger partial charge is 0.496 e. The van der Waals surface area contributed by atoms with Crippen molar-refractivity contribution in [2.45, 2.75) is 13.0 Å². The minimum Gasteiger partial charge on any atom is -0.496 e. The Morgan fingerprint density at radius 2 is 1.76 bits per heavy atom. The van der Waals surface area contributed by atoms with Crippen LogP contribution in [-0.4, -0.2) is 7.11 Å². The summed E-state index contributed by atoms with van der Waals surface area (Å²) >= 11 is 6.46. The summed E-state index contributed by atoms with van der Waals surface area (Å²) in [6.45, 7) is 1.89. The number of benzene rings is 2. The fourth-order valence-electron chi connectivity index (χ4n) is 1.90. The molecule has 2 nitrogen and oxygen atoms in total. The van der Waals surface area contributed by atoms with Crippen molar-refractivity contribution in [1.82, 2.24) is 0 Å². The Kier molecular flexibility index (Phi) is 5.22. The molecule has 0 saturated carbocycles. The van der Waals surface area contributed by atoms with Crippen LogP contribution < -0.4 is 10.1 Å². The molecule has 0 aliphatic carbocycles. The van der Waals surface area contributed by atoms with Gasteiger partial charge in [0.25, 0.3) is 0 Å². The highest BCUT2D eigenvalue weighted by molar-refractivity contribution is 9.10. The molecule has 2 rings (SSSR count). The molecule has 21 heavy (non-hydrogen) atoms. The molecule has 0 amide bonds. The Labute approximate surface area is 138 Å². The molecule has 0 spiro atoms. The van der Waals surface area contributed by atoms with Crippen molar-refractivity contribution in [2.75, 3.05) is 12.4 Å². The van der Waals surface area contributed by atoms with E-state index in [-0.39, 0.29) is 16.2 Å². The fourth-order valence-corrected chi connectivity index (χ4v) is 2.80. The van der Waals surface area contributed by atoms with E-state index in [2.05, 4.69) is 37.2 Å². The summed E-state index contributed by atoms with van der Waals surface area (Å²) in [5.74, 6) is -0.533. The van der Waals surface area contributed by atoms with Crippen molar-refractivity contribution < 1.29 is 13.5 Å². The minimum absolute atomic E-state index is 0.154. The summed E-state index contributed by atoms with van der Waals surface area (Å²) in [7, 11) is 1.59. The highest BCUT2D eigenvalue weighted by atomic mass is 79.9. The van der Waals surface area contributed by atoms with Crippen LogP contribution >= 0.6 is 31.9 Å². The molecule has 0 radical (unpaired) electrons. The van der Waals surface area contributed by atoms with E-state index in [9.17, 15) is 8.78 Å². The maximum Gasteiger partial charge on any atom is 0.149 e. The van der Waals surface area contributed by atoms with E-state index in [1.165, 1.54) is 6.07 Å². The molecule has 6 heteroatoms. The van der Waals surface area contributed by atoms with Crippen LogP contribution in [0.2, 0.25) is 0 Å². The average Bonchev–Trinajstić information content (AvgIpc) is 2.44. The molecule has 0 aliphatic heterocycles. The normalized spacial score (nSPS) is 12.1. The van der Waals surface area contributed by atoms with Gasteiger partial charge in [-0.2, -0.15) is 0 Å². The predicted octanol–water partition coefficient (Wildman–Crippen LogP) is 5.67. The van der Waals surface area contributed by atoms with Crippen molar-refractivity contribution in [2.24, 2.45) is 0 Å². The number of hydrogen-bond acceptors (Lipinski definition) is 2. The maximum absolute atomic E-state index is 13.8. The SMILES string of the molecule is COc1ccc(C(C)Nc2cc(Br)c(F)cc2F)cc1Br. The number of methoxy groups -OCH3 is 1. The zero-order valence-electron chi connectivity index (χ0n) is 11.4. The Hall–Kier alpha value is -1.14. The molecule has 2 aromatic carbocycles. The molecule has 0 aromatic heterocycles. The Balaban J connectivity index is 2.23. The van der Waals surface area contributed by atoms with Gasteiger partial charge in [0.05, 0.1) is 21.7 Å². The van der Waals surface area contributed by atoms with Crippen LogP contribution in [0, 0.1) is 11.6 Å². The topological polar surface area (TPSA) is 21.3 Å². The average molecular weight is 421 g/mol. The Morgan fingerprint density at radius 3 is 2.38 bits per heavy atom. The zero-order chi connectivity index (χ0) is 15.6. The lowest BCUT2D eigenvalue weighted by Gasteiger charge is -2.17. The van der Waals surface area contributed by atoms with Crippen LogP contribution in [0.4, 0.5) is 14.5 Å². The molecular weight excluding hydrogens is 408 g/mol. The van der Waals surface area contributed by atoms with Gasteiger partial charge in [-0.3, -0.25) is 0 Å². The number of ether oxygens (including phenoxy) is 1. The van der Waals surface area contributed by atoms with Crippen molar-refractivity contribution in [1.29, 1.82) is 0 Å². The second kappa shape index (κ2) is 6.75. The highest BCUT2D eigenvalue weighted by Gasteiger charge is 2.13. The molecule has 0 bridgehead atoms. The predicted molar refractivity (Wildman–Crippen MR) is 86.8 cm³/mol. The van der Waals surface area contributed by atoms with Gasteiger partial charge >= 0.3 is 0 Å². The summed E-state index contributed by atoms with van der Waals surface area (Å²) < 4.78 is 33.2. The van der Waals surface area contributed by atoms with Crippen LogP contribution in [-0.2, 0) is 0 Å². The first-order chi connectivity index (χ1) is 9.92. The first-order valence-electron chi connectivity index (χ1n) is 6.17. The number of anilines is 1. The molecule has 1 atom stereocenters. The van der Waals surface area contributed by atoms with Gasteiger partial charge in [-0.05, 0) is 62.5 Å². The van der Waals surface area contributed by atoms with E-state index < -0.39 is 11.6 Å². The summed E-state index contributed by atoms with van der Waals surface area (Å²) in [5.41, 5.74) is 1.19. The zero-order valence-corrected chi connectivity index (χ0v) is 14.6. The summed E-state index contributed by atoms with van der Waals surface area (Å²) in [6, 6.07) is 7.70. The van der Waals surface area contributed by atoms with Gasteiger partial charge in [0.15, 0.2) is 0 Å². The van der Waals surface area contributed by atoms with Crippen LogP contribution in [0.25, 0.3) is 0 Å². The van der Waals surface area contributed by atoms with E-state index in [1.54, 1.807) is 7.11 Å². The standard InChI is InChI=1S/C15H13Br2F2NO/c1-8(9-3-4-15(21-2)11(17)5-9)20-14-6-10(16)12(18)7-13(14)19/h3-8,20H,1-2H3. The quantitative estimate of drug-likeness (QED) is 0.643. The van der Waals surface area contributed by atoms with Gasteiger partial charge in [-0.25, -0.2) is 8.78 Å². The first-order valence-corrected chi connectivity index (χ1v) is 7.75. The smallest absolute Gasteiger partial charge is 0.149 e. The van der Waals surface area contributed by atoms with Crippen molar-refractivity contribution in [3.63, 3.8) is 0 Å². The molecule has 0 heterocycles. The van der Waals surface area contributed by atoms with E-state index in [4.69, 9.17) is 4.74 Å². The van der Waals surface area contributed by atoms with Crippen LogP contribution in [0.15, 0.2) is 39.3 Å². The van der Waals surface area contributed by atoms with Gasteiger partial charge in [-0.1, -0.05) is 6.07 Å². The summed E-state index contributed by atoms with van der Waals surface area (Å²) in [5, 5.41) is 3.03. The van der Waals surface area contributed by atoms with Crippen LogP contribution in [0.3, 0.4) is 0 Å². The lowest BCUT2D eigenvalue weighted by molar-refractivity contribution is 0.412. The number of hydrogen-bond donors (Lipinski definition) is 1. The van der Waals surface area contributed by atoms with Gasteiger partial charge in [-0.15, -0.1) is 0 Å². The van der Waals surface area contributed by atoms with Gasteiger partial charge in [0, 0.05) is 12.1 Å². The van der Waals surface area contributed by atoms with Gasteiger partial charge in [0.1, 0.15) is 17.4 Å². The first kappa shape index (κ1) is 16.2. The van der Waals surface area contributed by atoms with Crippen LogP contribution in [0.5, 0.6) is 5.75 Å². The number of nitrogens with one attached hydrogen (secondary N) is 1. The third kappa shape index (κ3) is 3.74. The van der Waals surface area contributed by atoms with E-state index in [0.29, 0.717) is 0 Å². The Bertz CT molecular complexity index is 664. The summed E-state index contributed by atoms with van der Waals surface area (Å²) in [4.78, 5) is 0. The minimum atomic E-state index is -0.630. The maximum atomic E-state index is 13.8. The highest BCUT2D eigenvalue weighted by Crippen LogP contribution is 2.31. The molecule has 1 unspecified atom stereocenters. The molecular formula is C15H13Br2F2NO.